The highest BCUT2D eigenvalue weighted by Gasteiger charge is 2.26. The van der Waals surface area contributed by atoms with Crippen LogP contribution < -0.4 is 5.32 Å². The number of hydrogen-bond acceptors (Lipinski definition) is 5. The third-order valence-electron chi connectivity index (χ3n) is 2.97. The number of aromatic nitrogens is 1. The van der Waals surface area contributed by atoms with E-state index >= 15 is 0 Å². The van der Waals surface area contributed by atoms with Crippen LogP contribution in [0.3, 0.4) is 0 Å². The van der Waals surface area contributed by atoms with Crippen molar-refractivity contribution < 1.29 is 9.53 Å². The van der Waals surface area contributed by atoms with Crippen molar-refractivity contribution >= 4 is 22.4 Å². The van der Waals surface area contributed by atoms with Gasteiger partial charge in [-0.2, -0.15) is 0 Å². The van der Waals surface area contributed by atoms with Crippen LogP contribution >= 0.6 is 11.3 Å². The molecule has 0 saturated heterocycles. The van der Waals surface area contributed by atoms with Gasteiger partial charge in [0.05, 0.1) is 6.61 Å². The van der Waals surface area contributed by atoms with Gasteiger partial charge in [-0.15, -0.1) is 11.3 Å². The minimum absolute atomic E-state index is 0.323. The Hall–Kier alpha value is -1.10. The van der Waals surface area contributed by atoms with Gasteiger partial charge >= 0.3 is 5.97 Å². The van der Waals surface area contributed by atoms with Gasteiger partial charge in [-0.05, 0) is 32.6 Å². The monoisotopic (exact) mass is 254 g/mol. The summed E-state index contributed by atoms with van der Waals surface area (Å²) in [6.45, 7) is 6.33. The molecule has 5 heteroatoms. The molecule has 0 atom stereocenters. The van der Waals surface area contributed by atoms with Gasteiger partial charge in [-0.1, -0.05) is 6.92 Å². The highest BCUT2D eigenvalue weighted by atomic mass is 32.1. The van der Waals surface area contributed by atoms with Crippen molar-refractivity contribution in [3.05, 3.63) is 10.6 Å². The number of esters is 1. The quantitative estimate of drug-likeness (QED) is 0.839. The Morgan fingerprint density at radius 2 is 2.29 bits per heavy atom. The van der Waals surface area contributed by atoms with Crippen LogP contribution in [0, 0.1) is 12.8 Å². The molecule has 1 aliphatic rings. The zero-order valence-corrected chi connectivity index (χ0v) is 11.3. The number of hydrogen-bond donors (Lipinski definition) is 1. The molecule has 0 bridgehead atoms. The second kappa shape index (κ2) is 5.04. The molecule has 1 fully saturated rings. The van der Waals surface area contributed by atoms with Gasteiger partial charge in [0.15, 0.2) is 10.8 Å². The molecule has 0 radical (unpaired) electrons. The fraction of sp³-hybridized carbons (Fsp3) is 0.667. The second-order valence-electron chi connectivity index (χ2n) is 4.56. The van der Waals surface area contributed by atoms with E-state index in [0.717, 1.165) is 15.9 Å². The molecule has 2 rings (SSSR count). The molecule has 0 aromatic carbocycles. The SMILES string of the molecule is CCOC(=O)c1nc(NC2CC(C)C2)sc1C. The maximum absolute atomic E-state index is 11.6. The third-order valence-corrected chi connectivity index (χ3v) is 3.87. The first-order chi connectivity index (χ1) is 8.10. The maximum Gasteiger partial charge on any atom is 0.358 e. The summed E-state index contributed by atoms with van der Waals surface area (Å²) >= 11 is 1.52. The first-order valence-electron chi connectivity index (χ1n) is 6.01. The first kappa shape index (κ1) is 12.4. The number of ether oxygens (including phenoxy) is 1. The Morgan fingerprint density at radius 1 is 1.59 bits per heavy atom. The highest BCUT2D eigenvalue weighted by molar-refractivity contribution is 7.15. The molecular weight excluding hydrogens is 236 g/mol. The second-order valence-corrected chi connectivity index (χ2v) is 5.77. The lowest BCUT2D eigenvalue weighted by atomic mass is 9.82. The van der Waals surface area contributed by atoms with Gasteiger partial charge < -0.3 is 10.1 Å². The van der Waals surface area contributed by atoms with Gasteiger partial charge in [0.25, 0.3) is 0 Å². The summed E-state index contributed by atoms with van der Waals surface area (Å²) in [6, 6.07) is 0.519. The number of rotatable bonds is 4. The summed E-state index contributed by atoms with van der Waals surface area (Å²) in [7, 11) is 0. The van der Waals surface area contributed by atoms with Gasteiger partial charge in [0.2, 0.25) is 0 Å². The number of thiazole rings is 1. The minimum atomic E-state index is -0.323. The van der Waals surface area contributed by atoms with Crippen molar-refractivity contribution in [3.8, 4) is 0 Å². The van der Waals surface area contributed by atoms with E-state index in [4.69, 9.17) is 4.74 Å². The zero-order valence-electron chi connectivity index (χ0n) is 10.4. The lowest BCUT2D eigenvalue weighted by Crippen LogP contribution is -2.33. The zero-order chi connectivity index (χ0) is 12.4. The average molecular weight is 254 g/mol. The van der Waals surface area contributed by atoms with Gasteiger partial charge in [0, 0.05) is 10.9 Å². The van der Waals surface area contributed by atoms with Crippen molar-refractivity contribution in [2.75, 3.05) is 11.9 Å². The molecule has 0 amide bonds. The number of aryl methyl sites for hydroxylation is 1. The molecule has 94 valence electrons. The van der Waals surface area contributed by atoms with E-state index in [1.54, 1.807) is 6.92 Å². The van der Waals surface area contributed by atoms with E-state index in [0.29, 0.717) is 18.3 Å². The van der Waals surface area contributed by atoms with Crippen molar-refractivity contribution in [1.82, 2.24) is 4.98 Å². The van der Waals surface area contributed by atoms with E-state index in [1.165, 1.54) is 24.2 Å². The number of nitrogens with one attached hydrogen (secondary N) is 1. The predicted octanol–water partition coefficient (Wildman–Crippen LogP) is 2.84. The standard InChI is InChI=1S/C12H18N2O2S/c1-4-16-11(15)10-8(3)17-12(14-10)13-9-5-7(2)6-9/h7,9H,4-6H2,1-3H3,(H,13,14). The summed E-state index contributed by atoms with van der Waals surface area (Å²) in [5, 5.41) is 4.20. The van der Waals surface area contributed by atoms with Crippen LogP contribution in [0.25, 0.3) is 0 Å². The van der Waals surface area contributed by atoms with Crippen LogP contribution in [0.4, 0.5) is 5.13 Å². The van der Waals surface area contributed by atoms with E-state index in [-0.39, 0.29) is 5.97 Å². The van der Waals surface area contributed by atoms with Crippen molar-refractivity contribution in [2.45, 2.75) is 39.7 Å². The smallest absolute Gasteiger partial charge is 0.358 e. The highest BCUT2D eigenvalue weighted by Crippen LogP contribution is 2.31. The lowest BCUT2D eigenvalue weighted by Gasteiger charge is -2.33. The van der Waals surface area contributed by atoms with Crippen LogP contribution in [0.2, 0.25) is 0 Å². The number of nitrogens with zero attached hydrogens (tertiary/aromatic N) is 1. The van der Waals surface area contributed by atoms with E-state index < -0.39 is 0 Å². The minimum Gasteiger partial charge on any atom is -0.461 e. The Kier molecular flexibility index (Phi) is 3.66. The first-order valence-corrected chi connectivity index (χ1v) is 6.83. The molecule has 1 heterocycles. The molecule has 0 aliphatic heterocycles. The number of carbonyl (C=O) groups excluding carboxylic acids is 1. The maximum atomic E-state index is 11.6. The Balaban J connectivity index is 2.00. The van der Waals surface area contributed by atoms with Gasteiger partial charge in [0.1, 0.15) is 0 Å². The predicted molar refractivity (Wildman–Crippen MR) is 68.6 cm³/mol. The van der Waals surface area contributed by atoms with Crippen LogP contribution in [0.5, 0.6) is 0 Å². The van der Waals surface area contributed by atoms with Gasteiger partial charge in [-0.25, -0.2) is 9.78 Å². The largest absolute Gasteiger partial charge is 0.461 e. The van der Waals surface area contributed by atoms with E-state index in [2.05, 4.69) is 17.2 Å². The topological polar surface area (TPSA) is 51.2 Å². The van der Waals surface area contributed by atoms with E-state index in [9.17, 15) is 4.79 Å². The fourth-order valence-corrected chi connectivity index (χ4v) is 2.92. The molecule has 1 aromatic heterocycles. The molecule has 4 nitrogen and oxygen atoms in total. The molecular formula is C12H18N2O2S. The fourth-order valence-electron chi connectivity index (χ4n) is 2.04. The molecule has 0 spiro atoms. The molecule has 1 aliphatic carbocycles. The van der Waals surface area contributed by atoms with Crippen LogP contribution in [0.1, 0.15) is 42.1 Å². The summed E-state index contributed by atoms with van der Waals surface area (Å²) in [5.41, 5.74) is 0.451. The van der Waals surface area contributed by atoms with Crippen LogP contribution in [-0.2, 0) is 4.74 Å². The Labute approximate surface area is 105 Å². The molecule has 1 N–H and O–H groups in total. The van der Waals surface area contributed by atoms with E-state index in [1.807, 2.05) is 6.92 Å². The van der Waals surface area contributed by atoms with Gasteiger partial charge in [-0.3, -0.25) is 0 Å². The van der Waals surface area contributed by atoms with Crippen molar-refractivity contribution in [1.29, 1.82) is 0 Å². The molecule has 1 aromatic rings. The summed E-state index contributed by atoms with van der Waals surface area (Å²) in [5.74, 6) is 0.481. The number of carbonyl (C=O) groups is 1. The molecule has 17 heavy (non-hydrogen) atoms. The molecule has 1 saturated carbocycles. The normalized spacial score (nSPS) is 23.0. The van der Waals surface area contributed by atoms with Crippen molar-refractivity contribution in [3.63, 3.8) is 0 Å². The Morgan fingerprint density at radius 3 is 2.88 bits per heavy atom. The third kappa shape index (κ3) is 2.77. The number of anilines is 1. The van der Waals surface area contributed by atoms with Crippen LogP contribution in [-0.4, -0.2) is 23.6 Å². The average Bonchev–Trinajstić information content (AvgIpc) is 2.58. The van der Waals surface area contributed by atoms with Crippen LogP contribution in [0.15, 0.2) is 0 Å². The van der Waals surface area contributed by atoms with Crippen molar-refractivity contribution in [2.24, 2.45) is 5.92 Å². The Bertz CT molecular complexity index is 411. The lowest BCUT2D eigenvalue weighted by molar-refractivity contribution is 0.0519. The summed E-state index contributed by atoms with van der Waals surface area (Å²) in [4.78, 5) is 16.8. The summed E-state index contributed by atoms with van der Waals surface area (Å²) < 4.78 is 4.96. The molecule has 0 unspecified atom stereocenters. The summed E-state index contributed by atoms with van der Waals surface area (Å²) in [6.07, 6.45) is 2.38.